The average Bonchev–Trinajstić information content (AvgIpc) is 2.31. The molecular weight excluding hydrogens is 262 g/mol. The van der Waals surface area contributed by atoms with E-state index in [4.69, 9.17) is 5.11 Å². The number of para-hydroxylation sites is 1. The van der Waals surface area contributed by atoms with Crippen LogP contribution < -0.4 is 5.32 Å². The molecule has 2 N–H and O–H groups in total. The molecule has 0 unspecified atom stereocenters. The molecule has 0 aliphatic heterocycles. The minimum atomic E-state index is -1.06. The van der Waals surface area contributed by atoms with E-state index in [0.29, 0.717) is 0 Å². The third-order valence-electron chi connectivity index (χ3n) is 2.77. The number of aliphatic carboxylic acids is 1. The topological polar surface area (TPSA) is 66.4 Å². The normalized spacial score (nSPS) is 11.1. The molecule has 1 amide bonds. The van der Waals surface area contributed by atoms with Crippen molar-refractivity contribution in [1.29, 1.82) is 0 Å². The van der Waals surface area contributed by atoms with E-state index in [9.17, 15) is 9.59 Å². The second-order valence-corrected chi connectivity index (χ2v) is 5.87. The molecule has 1 rings (SSSR count). The molecule has 1 aromatic carbocycles. The third kappa shape index (κ3) is 4.59. The van der Waals surface area contributed by atoms with Crippen LogP contribution in [-0.2, 0) is 15.3 Å². The lowest BCUT2D eigenvalue weighted by molar-refractivity contribution is -0.148. The van der Waals surface area contributed by atoms with Crippen molar-refractivity contribution >= 4 is 29.3 Å². The predicted molar refractivity (Wildman–Crippen MR) is 78.3 cm³/mol. The Morgan fingerprint density at radius 3 is 2.53 bits per heavy atom. The summed E-state index contributed by atoms with van der Waals surface area (Å²) >= 11 is 1.67. The lowest BCUT2D eigenvalue weighted by atomic mass is 9.89. The van der Waals surface area contributed by atoms with Crippen molar-refractivity contribution in [3.63, 3.8) is 0 Å². The number of carbonyl (C=O) groups is 2. The minimum absolute atomic E-state index is 0.0457. The van der Waals surface area contributed by atoms with E-state index in [1.54, 1.807) is 25.6 Å². The SMILES string of the molecule is CSCc1ccccc1NC(=O)CC(C)(C)C(=O)O. The van der Waals surface area contributed by atoms with Gasteiger partial charge in [0.1, 0.15) is 0 Å². The van der Waals surface area contributed by atoms with Gasteiger partial charge in [-0.25, -0.2) is 0 Å². The summed E-state index contributed by atoms with van der Waals surface area (Å²) in [5.41, 5.74) is 0.734. The van der Waals surface area contributed by atoms with E-state index < -0.39 is 11.4 Å². The molecule has 0 aliphatic carbocycles. The highest BCUT2D eigenvalue weighted by Gasteiger charge is 2.30. The Bertz CT molecular complexity index is 472. The van der Waals surface area contributed by atoms with Gasteiger partial charge in [0, 0.05) is 17.9 Å². The summed E-state index contributed by atoms with van der Waals surface area (Å²) in [7, 11) is 0. The zero-order chi connectivity index (χ0) is 14.5. The molecule has 0 saturated carbocycles. The number of hydrogen-bond acceptors (Lipinski definition) is 3. The van der Waals surface area contributed by atoms with Crippen molar-refractivity contribution in [2.24, 2.45) is 5.41 Å². The summed E-state index contributed by atoms with van der Waals surface area (Å²) in [6, 6.07) is 7.55. The van der Waals surface area contributed by atoms with Crippen LogP contribution in [0, 0.1) is 5.41 Å². The molecule has 0 aliphatic rings. The van der Waals surface area contributed by atoms with Gasteiger partial charge < -0.3 is 10.4 Å². The van der Waals surface area contributed by atoms with E-state index in [0.717, 1.165) is 17.0 Å². The Kier molecular flexibility index (Phi) is 5.42. The van der Waals surface area contributed by atoms with Crippen LogP contribution in [0.5, 0.6) is 0 Å². The predicted octanol–water partition coefficient (Wildman–Crippen LogP) is 2.99. The molecule has 4 nitrogen and oxygen atoms in total. The van der Waals surface area contributed by atoms with Crippen LogP contribution in [-0.4, -0.2) is 23.2 Å². The fourth-order valence-corrected chi connectivity index (χ4v) is 2.16. The fraction of sp³-hybridized carbons (Fsp3) is 0.429. The van der Waals surface area contributed by atoms with E-state index in [1.165, 1.54) is 0 Å². The molecule has 0 heterocycles. The largest absolute Gasteiger partial charge is 0.481 e. The van der Waals surface area contributed by atoms with Gasteiger partial charge in [-0.15, -0.1) is 0 Å². The van der Waals surface area contributed by atoms with Crippen molar-refractivity contribution in [2.75, 3.05) is 11.6 Å². The zero-order valence-corrected chi connectivity index (χ0v) is 12.2. The molecule has 0 spiro atoms. The number of amides is 1. The first-order chi connectivity index (χ1) is 8.86. The Morgan fingerprint density at radius 2 is 1.95 bits per heavy atom. The van der Waals surface area contributed by atoms with Gasteiger partial charge in [0.15, 0.2) is 0 Å². The standard InChI is InChI=1S/C14H19NO3S/c1-14(2,13(17)18)8-12(16)15-11-7-5-4-6-10(11)9-19-3/h4-7H,8-9H2,1-3H3,(H,15,16)(H,17,18). The highest BCUT2D eigenvalue weighted by molar-refractivity contribution is 7.97. The van der Waals surface area contributed by atoms with Crippen molar-refractivity contribution in [1.82, 2.24) is 0 Å². The van der Waals surface area contributed by atoms with Gasteiger partial charge in [0.05, 0.1) is 5.41 Å². The second kappa shape index (κ2) is 6.61. The Labute approximate surface area is 117 Å². The zero-order valence-electron chi connectivity index (χ0n) is 11.4. The van der Waals surface area contributed by atoms with Gasteiger partial charge in [0.2, 0.25) is 5.91 Å². The lowest BCUT2D eigenvalue weighted by Crippen LogP contribution is -2.29. The second-order valence-electron chi connectivity index (χ2n) is 5.00. The maximum absolute atomic E-state index is 11.9. The number of anilines is 1. The minimum Gasteiger partial charge on any atom is -0.481 e. The van der Waals surface area contributed by atoms with E-state index in [1.807, 2.05) is 30.5 Å². The quantitative estimate of drug-likeness (QED) is 0.841. The van der Waals surface area contributed by atoms with Crippen LogP contribution in [0.25, 0.3) is 0 Å². The number of carboxylic acid groups (broad SMARTS) is 1. The van der Waals surface area contributed by atoms with Gasteiger partial charge in [-0.2, -0.15) is 11.8 Å². The molecule has 0 radical (unpaired) electrons. The summed E-state index contributed by atoms with van der Waals surface area (Å²) in [6.07, 6.45) is 1.95. The van der Waals surface area contributed by atoms with Crippen LogP contribution in [0.2, 0.25) is 0 Å². The molecule has 0 fully saturated rings. The van der Waals surface area contributed by atoms with Crippen molar-refractivity contribution in [3.8, 4) is 0 Å². The van der Waals surface area contributed by atoms with Crippen molar-refractivity contribution in [2.45, 2.75) is 26.0 Å². The first-order valence-electron chi connectivity index (χ1n) is 5.97. The summed E-state index contributed by atoms with van der Waals surface area (Å²) in [4.78, 5) is 22.9. The molecule has 104 valence electrons. The molecule has 0 bridgehead atoms. The molecule has 5 heteroatoms. The van der Waals surface area contributed by atoms with Crippen LogP contribution in [0.15, 0.2) is 24.3 Å². The summed E-state index contributed by atoms with van der Waals surface area (Å²) in [5, 5.41) is 11.8. The molecule has 1 aromatic rings. The number of rotatable bonds is 6. The number of carboxylic acids is 1. The Hall–Kier alpha value is -1.49. The van der Waals surface area contributed by atoms with E-state index in [-0.39, 0.29) is 12.3 Å². The van der Waals surface area contributed by atoms with Crippen molar-refractivity contribution < 1.29 is 14.7 Å². The number of nitrogens with one attached hydrogen (secondary N) is 1. The van der Waals surface area contributed by atoms with Crippen LogP contribution in [0.3, 0.4) is 0 Å². The Balaban J connectivity index is 2.75. The lowest BCUT2D eigenvalue weighted by Gasteiger charge is -2.19. The third-order valence-corrected chi connectivity index (χ3v) is 3.37. The van der Waals surface area contributed by atoms with Gasteiger partial charge >= 0.3 is 5.97 Å². The molecule has 0 saturated heterocycles. The number of thioether (sulfide) groups is 1. The maximum atomic E-state index is 11.9. The highest BCUT2D eigenvalue weighted by atomic mass is 32.2. The summed E-state index contributed by atoms with van der Waals surface area (Å²) in [6.45, 7) is 3.09. The first-order valence-corrected chi connectivity index (χ1v) is 7.36. The van der Waals surface area contributed by atoms with E-state index in [2.05, 4.69) is 5.32 Å². The fourth-order valence-electron chi connectivity index (χ4n) is 1.60. The van der Waals surface area contributed by atoms with Gasteiger partial charge in [-0.3, -0.25) is 9.59 Å². The van der Waals surface area contributed by atoms with Gasteiger partial charge in [0.25, 0.3) is 0 Å². The maximum Gasteiger partial charge on any atom is 0.309 e. The number of benzene rings is 1. The molecule has 19 heavy (non-hydrogen) atoms. The first kappa shape index (κ1) is 15.6. The summed E-state index contributed by atoms with van der Waals surface area (Å²) in [5.74, 6) is -0.445. The van der Waals surface area contributed by atoms with Crippen molar-refractivity contribution in [3.05, 3.63) is 29.8 Å². The molecule has 0 aromatic heterocycles. The van der Waals surface area contributed by atoms with Gasteiger partial charge in [-0.1, -0.05) is 18.2 Å². The highest BCUT2D eigenvalue weighted by Crippen LogP contribution is 2.23. The van der Waals surface area contributed by atoms with E-state index >= 15 is 0 Å². The van der Waals surface area contributed by atoms with Crippen LogP contribution in [0.1, 0.15) is 25.8 Å². The van der Waals surface area contributed by atoms with Gasteiger partial charge in [-0.05, 0) is 31.7 Å². The smallest absolute Gasteiger partial charge is 0.309 e. The molecular formula is C14H19NO3S. The number of hydrogen-bond donors (Lipinski definition) is 2. The molecule has 0 atom stereocenters. The van der Waals surface area contributed by atoms with Crippen LogP contribution in [0.4, 0.5) is 5.69 Å². The monoisotopic (exact) mass is 281 g/mol. The number of carbonyl (C=O) groups excluding carboxylic acids is 1. The summed E-state index contributed by atoms with van der Waals surface area (Å²) < 4.78 is 0. The average molecular weight is 281 g/mol. The van der Waals surface area contributed by atoms with Crippen LogP contribution >= 0.6 is 11.8 Å². The Morgan fingerprint density at radius 1 is 1.32 bits per heavy atom.